The number of carbonyl (C=O) groups is 5. The first-order chi connectivity index (χ1) is 33.5. The van der Waals surface area contributed by atoms with Gasteiger partial charge in [-0.05, 0) is 85.4 Å². The Morgan fingerprint density at radius 1 is 0.714 bits per heavy atom. The Kier molecular flexibility index (Phi) is 21.8. The molecule has 0 unspecified atom stereocenters. The monoisotopic (exact) mass is 974 g/mol. The van der Waals surface area contributed by atoms with Gasteiger partial charge in [-0.15, -0.1) is 0 Å². The number of aryl methyl sites for hydroxylation is 1. The number of hydrogen-bond donors (Lipinski definition) is 4. The van der Waals surface area contributed by atoms with Gasteiger partial charge in [0.2, 0.25) is 17.7 Å². The van der Waals surface area contributed by atoms with Gasteiger partial charge in [-0.1, -0.05) is 88.4 Å². The maximum atomic E-state index is 14.9. The summed E-state index contributed by atoms with van der Waals surface area (Å²) in [6.07, 6.45) is 1.81. The number of hydrogen-bond acceptors (Lipinski definition) is 12. The van der Waals surface area contributed by atoms with Gasteiger partial charge in [-0.25, -0.2) is 9.59 Å². The molecule has 0 saturated carbocycles. The summed E-state index contributed by atoms with van der Waals surface area (Å²) in [5, 5.41) is 11.6. The molecule has 17 heteroatoms. The van der Waals surface area contributed by atoms with E-state index in [4.69, 9.17) is 33.2 Å². The molecule has 0 saturated heterocycles. The van der Waals surface area contributed by atoms with E-state index >= 15 is 0 Å². The number of ether oxygens (including phenoxy) is 7. The van der Waals surface area contributed by atoms with Gasteiger partial charge in [0.1, 0.15) is 36.6 Å². The number of nitrogens with one attached hydrogen (secondary N) is 4. The van der Waals surface area contributed by atoms with Crippen LogP contribution in [0.4, 0.5) is 9.59 Å². The molecule has 3 aromatic carbocycles. The topological polar surface area (TPSA) is 201 Å². The maximum absolute atomic E-state index is 14.9. The summed E-state index contributed by atoms with van der Waals surface area (Å²) in [6.45, 7) is 16.6. The number of amides is 5. The number of rotatable bonds is 25. The van der Waals surface area contributed by atoms with E-state index in [1.165, 1.54) is 5.56 Å². The molecule has 70 heavy (non-hydrogen) atoms. The lowest BCUT2D eigenvalue weighted by molar-refractivity contribution is -0.147. The van der Waals surface area contributed by atoms with Crippen LogP contribution in [0.2, 0.25) is 0 Å². The molecule has 0 radical (unpaired) electrons. The van der Waals surface area contributed by atoms with Crippen LogP contribution >= 0.6 is 0 Å². The maximum Gasteiger partial charge on any atom is 0.407 e. The fourth-order valence-electron chi connectivity index (χ4n) is 8.01. The zero-order valence-corrected chi connectivity index (χ0v) is 42.1. The second-order valence-corrected chi connectivity index (χ2v) is 19.6. The molecule has 384 valence electrons. The van der Waals surface area contributed by atoms with Gasteiger partial charge in [-0.2, -0.15) is 0 Å². The van der Waals surface area contributed by atoms with Gasteiger partial charge in [-0.3, -0.25) is 14.4 Å². The molecule has 4 N–H and O–H groups in total. The van der Waals surface area contributed by atoms with Crippen molar-refractivity contribution in [2.45, 2.75) is 111 Å². The number of alkyl carbamates (subject to hydrolysis) is 2. The van der Waals surface area contributed by atoms with Crippen molar-refractivity contribution in [3.63, 3.8) is 0 Å². The first-order valence-electron chi connectivity index (χ1n) is 24.4. The summed E-state index contributed by atoms with van der Waals surface area (Å²) in [7, 11) is 0. The van der Waals surface area contributed by atoms with E-state index < -0.39 is 47.1 Å². The molecule has 5 amide bonds. The molecule has 4 atom stereocenters. The fraction of sp³-hybridized carbons (Fsp3) is 0.566. The Bertz CT molecular complexity index is 2140. The molecule has 3 aromatic rings. The van der Waals surface area contributed by atoms with Crippen LogP contribution in [0.15, 0.2) is 72.8 Å². The highest BCUT2D eigenvalue weighted by atomic mass is 16.6. The number of nitrogens with zero attached hydrogens (tertiary/aromatic N) is 1. The van der Waals surface area contributed by atoms with Crippen LogP contribution < -0.4 is 26.0 Å². The summed E-state index contributed by atoms with van der Waals surface area (Å²) in [5.41, 5.74) is 3.60. The van der Waals surface area contributed by atoms with Crippen molar-refractivity contribution in [1.82, 2.24) is 26.2 Å². The van der Waals surface area contributed by atoms with Crippen LogP contribution in [0.25, 0.3) is 0 Å². The summed E-state index contributed by atoms with van der Waals surface area (Å²) in [5.74, 6) is -1.17. The first-order valence-corrected chi connectivity index (χ1v) is 24.4. The Labute approximate surface area is 413 Å². The minimum absolute atomic E-state index is 0.00879. The van der Waals surface area contributed by atoms with Gasteiger partial charge in [0.05, 0.1) is 64.8 Å². The third-order valence-corrected chi connectivity index (χ3v) is 11.7. The van der Waals surface area contributed by atoms with Gasteiger partial charge < -0.3 is 59.3 Å². The molecule has 0 aromatic heterocycles. The Morgan fingerprint density at radius 2 is 1.36 bits per heavy atom. The highest BCUT2D eigenvalue weighted by molar-refractivity contribution is 5.94. The molecule has 1 aliphatic heterocycles. The average Bonchev–Trinajstić information content (AvgIpc) is 3.32. The normalized spacial score (nSPS) is 16.4. The lowest BCUT2D eigenvalue weighted by Crippen LogP contribution is -2.61. The Morgan fingerprint density at radius 3 is 2.03 bits per heavy atom. The Hall–Kier alpha value is -5.75. The zero-order chi connectivity index (χ0) is 50.5. The second-order valence-electron chi connectivity index (χ2n) is 19.6. The van der Waals surface area contributed by atoms with E-state index in [1.807, 2.05) is 81.4 Å². The number of benzene rings is 3. The molecule has 17 nitrogen and oxygen atoms in total. The smallest absolute Gasteiger partial charge is 0.407 e. The molecule has 0 fully saturated rings. The van der Waals surface area contributed by atoms with Crippen molar-refractivity contribution in [3.8, 4) is 5.75 Å². The summed E-state index contributed by atoms with van der Waals surface area (Å²) in [6, 6.07) is 21.1. The highest BCUT2D eigenvalue weighted by Gasteiger charge is 2.43. The molecule has 5 rings (SSSR count). The van der Waals surface area contributed by atoms with Crippen molar-refractivity contribution >= 4 is 29.9 Å². The van der Waals surface area contributed by atoms with Crippen molar-refractivity contribution < 1.29 is 57.1 Å². The van der Waals surface area contributed by atoms with Crippen molar-refractivity contribution in [2.75, 3.05) is 72.6 Å². The largest absolute Gasteiger partial charge is 0.491 e. The van der Waals surface area contributed by atoms with Crippen molar-refractivity contribution in [3.05, 3.63) is 101 Å². The van der Waals surface area contributed by atoms with Gasteiger partial charge in [0.15, 0.2) is 0 Å². The number of fused-ring (bicyclic) bond motifs is 2. The van der Waals surface area contributed by atoms with E-state index in [0.717, 1.165) is 41.5 Å². The first kappa shape index (κ1) is 55.2. The Balaban J connectivity index is 1.11. The number of carbonyl (C=O) groups excluding carboxylic acids is 5. The van der Waals surface area contributed by atoms with E-state index in [0.29, 0.717) is 65.1 Å². The van der Waals surface area contributed by atoms with Gasteiger partial charge >= 0.3 is 12.2 Å². The minimum atomic E-state index is -1.00. The lowest BCUT2D eigenvalue weighted by Gasteiger charge is -2.42. The van der Waals surface area contributed by atoms with E-state index in [2.05, 4.69) is 33.4 Å². The minimum Gasteiger partial charge on any atom is -0.491 e. The molecule has 0 spiro atoms. The van der Waals surface area contributed by atoms with Crippen LogP contribution in [0.5, 0.6) is 5.75 Å². The lowest BCUT2D eigenvalue weighted by atomic mass is 9.83. The SMILES string of the molecule is C[C@@H](CNC(=O)OCc1ccccc1)C(=O)N[C@H](C(=O)N1Cc2cc(OCCOCCOCCOCCOCCNC(=O)OC(C)(C)C)ccc2C[C@H]1C(=O)N[C@@H]1CCCc2ccccc21)C(C)(C)C. The molecule has 2 aliphatic rings. The fourth-order valence-corrected chi connectivity index (χ4v) is 8.01. The summed E-state index contributed by atoms with van der Waals surface area (Å²) < 4.78 is 38.9. The van der Waals surface area contributed by atoms with Crippen LogP contribution in [0, 0.1) is 11.3 Å². The standard InChI is InChI=1S/C53H75N5O12/c1-37(34-55-50(62)69-36-38-14-9-8-10-15-38)47(59)57-46(52(2,3)4)49(61)58-35-41-32-42(21-20-40(41)33-45(58)48(60)56-44-19-13-17-39-16-11-12-18-43(39)44)68-31-30-67-29-28-66-27-26-65-25-24-64-23-22-54-51(63)70-53(5,6)7/h8-12,14-16,18,20-21,32,37,44-46H,13,17,19,22-31,33-36H2,1-7H3,(H,54,63)(H,55,62)(H,56,60)(H,57,59)/t37-,44+,45-,46+/m0/s1. The molecular weight excluding hydrogens is 899 g/mol. The quantitative estimate of drug-likeness (QED) is 0.0703. The predicted octanol–water partition coefficient (Wildman–Crippen LogP) is 6.20. The van der Waals surface area contributed by atoms with Crippen molar-refractivity contribution in [2.24, 2.45) is 11.3 Å². The van der Waals surface area contributed by atoms with Crippen molar-refractivity contribution in [1.29, 1.82) is 0 Å². The molecule has 1 aliphatic carbocycles. The third-order valence-electron chi connectivity index (χ3n) is 11.7. The van der Waals surface area contributed by atoms with Crippen LogP contribution in [0.1, 0.15) is 95.2 Å². The summed E-state index contributed by atoms with van der Waals surface area (Å²) >= 11 is 0. The predicted molar refractivity (Wildman–Crippen MR) is 263 cm³/mol. The van der Waals surface area contributed by atoms with E-state index in [9.17, 15) is 24.0 Å². The molecule has 1 heterocycles. The molecular formula is C53H75N5O12. The van der Waals surface area contributed by atoms with Crippen LogP contribution in [0.3, 0.4) is 0 Å². The van der Waals surface area contributed by atoms with Gasteiger partial charge in [0, 0.05) is 26.1 Å². The van der Waals surface area contributed by atoms with E-state index in [-0.39, 0.29) is 50.6 Å². The third kappa shape index (κ3) is 18.5. The molecule has 0 bridgehead atoms. The summed E-state index contributed by atoms with van der Waals surface area (Å²) in [4.78, 5) is 68.8. The second kappa shape index (κ2) is 27.6. The zero-order valence-electron chi connectivity index (χ0n) is 42.1. The van der Waals surface area contributed by atoms with Crippen LogP contribution in [-0.4, -0.2) is 125 Å². The van der Waals surface area contributed by atoms with Crippen LogP contribution in [-0.2, 0) is 68.8 Å². The highest BCUT2D eigenvalue weighted by Crippen LogP contribution is 2.33. The average molecular weight is 974 g/mol. The van der Waals surface area contributed by atoms with Gasteiger partial charge in [0.25, 0.3) is 0 Å². The van der Waals surface area contributed by atoms with E-state index in [1.54, 1.807) is 32.6 Å².